The summed E-state index contributed by atoms with van der Waals surface area (Å²) in [4.78, 5) is 0. The van der Waals surface area contributed by atoms with E-state index in [1.807, 2.05) is 0 Å². The Hall–Kier alpha value is -0.0500. The fraction of sp³-hybridized carbons (Fsp3) is 0.571. The van der Waals surface area contributed by atoms with Crippen LogP contribution in [-0.2, 0) is 0 Å². The minimum atomic E-state index is 1.22. The van der Waals surface area contributed by atoms with Crippen molar-refractivity contribution >= 4 is 22.6 Å². The molecule has 0 unspecified atom stereocenters. The standard InChI is InChI=1S/C14H23I/c1-14(2)12-10-8-6-4-3-5-7-9-11-13-15/h4,6,8,10,12H,3,5,7,9,11,13H2,1-2H3. The van der Waals surface area contributed by atoms with Crippen molar-refractivity contribution in [3.8, 4) is 0 Å². The normalized spacial score (nSPS) is 11.4. The summed E-state index contributed by atoms with van der Waals surface area (Å²) in [5.41, 5.74) is 1.35. The quantitative estimate of drug-likeness (QED) is 0.242. The maximum absolute atomic E-state index is 2.45. The van der Waals surface area contributed by atoms with Crippen molar-refractivity contribution in [3.05, 3.63) is 36.0 Å². The van der Waals surface area contributed by atoms with Gasteiger partial charge in [-0.2, -0.15) is 0 Å². The number of hydrogen-bond donors (Lipinski definition) is 0. The van der Waals surface area contributed by atoms with Crippen LogP contribution in [0.15, 0.2) is 36.0 Å². The van der Waals surface area contributed by atoms with E-state index in [9.17, 15) is 0 Å². The van der Waals surface area contributed by atoms with Crippen molar-refractivity contribution in [2.24, 2.45) is 0 Å². The summed E-state index contributed by atoms with van der Waals surface area (Å²) in [5.74, 6) is 0. The highest BCUT2D eigenvalue weighted by Crippen LogP contribution is 2.05. The van der Waals surface area contributed by atoms with E-state index in [0.29, 0.717) is 0 Å². The maximum Gasteiger partial charge on any atom is -0.000473 e. The van der Waals surface area contributed by atoms with Gasteiger partial charge in [0.05, 0.1) is 0 Å². The molecule has 0 aliphatic heterocycles. The fourth-order valence-electron chi connectivity index (χ4n) is 1.20. The lowest BCUT2D eigenvalue weighted by molar-refractivity contribution is 0.681. The number of rotatable bonds is 8. The molecular formula is C14H23I. The van der Waals surface area contributed by atoms with Crippen LogP contribution in [0.2, 0.25) is 0 Å². The number of hydrogen-bond acceptors (Lipinski definition) is 0. The van der Waals surface area contributed by atoms with Gasteiger partial charge in [0.25, 0.3) is 0 Å². The van der Waals surface area contributed by atoms with Gasteiger partial charge in [0.1, 0.15) is 0 Å². The third-order valence-electron chi connectivity index (χ3n) is 2.04. The summed E-state index contributed by atoms with van der Waals surface area (Å²) < 4.78 is 1.30. The van der Waals surface area contributed by atoms with Crippen LogP contribution in [0, 0.1) is 0 Å². The monoisotopic (exact) mass is 318 g/mol. The third-order valence-corrected chi connectivity index (χ3v) is 2.81. The van der Waals surface area contributed by atoms with Gasteiger partial charge in [-0.15, -0.1) is 0 Å². The molecule has 0 aliphatic rings. The lowest BCUT2D eigenvalue weighted by Gasteiger charge is -1.94. The molecule has 0 aromatic heterocycles. The van der Waals surface area contributed by atoms with Crippen molar-refractivity contribution in [2.45, 2.75) is 46.0 Å². The summed E-state index contributed by atoms with van der Waals surface area (Å²) in [6.07, 6.45) is 17.5. The molecule has 0 amide bonds. The largest absolute Gasteiger partial charge is 0.0864 e. The van der Waals surface area contributed by atoms with Gasteiger partial charge in [-0.1, -0.05) is 71.4 Å². The Morgan fingerprint density at radius 3 is 2.33 bits per heavy atom. The van der Waals surface area contributed by atoms with Gasteiger partial charge in [-0.05, 0) is 37.5 Å². The van der Waals surface area contributed by atoms with Crippen LogP contribution in [0.5, 0.6) is 0 Å². The first-order chi connectivity index (χ1) is 7.27. The fourth-order valence-corrected chi connectivity index (χ4v) is 1.74. The van der Waals surface area contributed by atoms with Crippen molar-refractivity contribution in [3.63, 3.8) is 0 Å². The van der Waals surface area contributed by atoms with Crippen LogP contribution in [0.1, 0.15) is 46.0 Å². The van der Waals surface area contributed by atoms with Crippen molar-refractivity contribution < 1.29 is 0 Å². The zero-order chi connectivity index (χ0) is 11.4. The molecule has 0 fully saturated rings. The average Bonchev–Trinajstić information content (AvgIpc) is 2.20. The molecule has 0 N–H and O–H groups in total. The Morgan fingerprint density at radius 2 is 1.67 bits per heavy atom. The SMILES string of the molecule is CC(C)=CC=CC=CCCCCCCI. The number of unbranched alkanes of at least 4 members (excludes halogenated alkanes) is 4. The average molecular weight is 318 g/mol. The van der Waals surface area contributed by atoms with Crippen molar-refractivity contribution in [1.29, 1.82) is 0 Å². The molecule has 0 heterocycles. The highest BCUT2D eigenvalue weighted by Gasteiger charge is 1.85. The summed E-state index contributed by atoms with van der Waals surface area (Å²) >= 11 is 2.45. The highest BCUT2D eigenvalue weighted by atomic mass is 127. The summed E-state index contributed by atoms with van der Waals surface area (Å²) in [7, 11) is 0. The van der Waals surface area contributed by atoms with Crippen LogP contribution < -0.4 is 0 Å². The lowest BCUT2D eigenvalue weighted by Crippen LogP contribution is -1.77. The second-order valence-electron chi connectivity index (χ2n) is 3.95. The topological polar surface area (TPSA) is 0 Å². The second kappa shape index (κ2) is 12.0. The van der Waals surface area contributed by atoms with Crippen LogP contribution in [-0.4, -0.2) is 4.43 Å². The molecule has 0 aromatic rings. The van der Waals surface area contributed by atoms with Gasteiger partial charge in [-0.25, -0.2) is 0 Å². The molecular weight excluding hydrogens is 295 g/mol. The minimum Gasteiger partial charge on any atom is -0.0864 e. The van der Waals surface area contributed by atoms with E-state index < -0.39 is 0 Å². The van der Waals surface area contributed by atoms with Gasteiger partial charge >= 0.3 is 0 Å². The smallest absolute Gasteiger partial charge is 0.000473 e. The molecule has 0 spiro atoms. The van der Waals surface area contributed by atoms with Crippen LogP contribution >= 0.6 is 22.6 Å². The van der Waals surface area contributed by atoms with E-state index in [4.69, 9.17) is 0 Å². The first kappa shape index (κ1) is 14.9. The Balaban J connectivity index is 3.31. The van der Waals surface area contributed by atoms with Gasteiger partial charge < -0.3 is 0 Å². The molecule has 0 atom stereocenters. The lowest BCUT2D eigenvalue weighted by atomic mass is 10.1. The molecule has 86 valence electrons. The zero-order valence-corrected chi connectivity index (χ0v) is 12.2. The molecule has 0 bridgehead atoms. The Labute approximate surface area is 109 Å². The Kier molecular flexibility index (Phi) is 12.0. The predicted octanol–water partition coefficient (Wildman–Crippen LogP) is 5.45. The number of alkyl halides is 1. The molecule has 1 heteroatoms. The molecule has 0 nitrogen and oxygen atoms in total. The van der Waals surface area contributed by atoms with E-state index in [-0.39, 0.29) is 0 Å². The first-order valence-electron chi connectivity index (χ1n) is 5.80. The van der Waals surface area contributed by atoms with Crippen LogP contribution in [0.25, 0.3) is 0 Å². The second-order valence-corrected chi connectivity index (χ2v) is 5.03. The molecule has 0 saturated carbocycles. The molecule has 0 saturated heterocycles. The molecule has 0 rings (SSSR count). The summed E-state index contributed by atoms with van der Waals surface area (Å²) in [5, 5.41) is 0. The summed E-state index contributed by atoms with van der Waals surface area (Å²) in [6.45, 7) is 4.22. The van der Waals surface area contributed by atoms with Gasteiger partial charge in [0.15, 0.2) is 0 Å². The van der Waals surface area contributed by atoms with Gasteiger partial charge in [0.2, 0.25) is 0 Å². The van der Waals surface area contributed by atoms with Crippen molar-refractivity contribution in [2.75, 3.05) is 4.43 Å². The number of halogens is 1. The molecule has 0 aliphatic carbocycles. The van der Waals surface area contributed by atoms with Gasteiger partial charge in [0, 0.05) is 0 Å². The molecule has 0 aromatic carbocycles. The van der Waals surface area contributed by atoms with E-state index in [1.54, 1.807) is 0 Å². The van der Waals surface area contributed by atoms with E-state index in [2.05, 4.69) is 66.8 Å². The number of allylic oxidation sites excluding steroid dienone is 6. The highest BCUT2D eigenvalue weighted by molar-refractivity contribution is 14.1. The van der Waals surface area contributed by atoms with Crippen molar-refractivity contribution in [1.82, 2.24) is 0 Å². The van der Waals surface area contributed by atoms with Gasteiger partial charge in [-0.3, -0.25) is 0 Å². The van der Waals surface area contributed by atoms with E-state index in [1.165, 1.54) is 42.1 Å². The molecule has 0 radical (unpaired) electrons. The van der Waals surface area contributed by atoms with E-state index >= 15 is 0 Å². The minimum absolute atomic E-state index is 1.22. The first-order valence-corrected chi connectivity index (χ1v) is 7.32. The predicted molar refractivity (Wildman–Crippen MR) is 79.7 cm³/mol. The Morgan fingerprint density at radius 1 is 0.933 bits per heavy atom. The van der Waals surface area contributed by atoms with E-state index in [0.717, 1.165) is 0 Å². The Bertz CT molecular complexity index is 207. The maximum atomic E-state index is 2.45. The third kappa shape index (κ3) is 14.0. The molecule has 15 heavy (non-hydrogen) atoms. The summed E-state index contributed by atoms with van der Waals surface area (Å²) in [6, 6.07) is 0. The van der Waals surface area contributed by atoms with Crippen LogP contribution in [0.3, 0.4) is 0 Å². The van der Waals surface area contributed by atoms with Crippen LogP contribution in [0.4, 0.5) is 0 Å². The zero-order valence-electron chi connectivity index (χ0n) is 10.0.